The third-order valence-corrected chi connectivity index (χ3v) is 4.56. The van der Waals surface area contributed by atoms with Crippen LogP contribution in [0.3, 0.4) is 0 Å². The first-order valence-electron chi connectivity index (χ1n) is 7.68. The van der Waals surface area contributed by atoms with Crippen molar-refractivity contribution in [2.24, 2.45) is 0 Å². The molecule has 2 saturated heterocycles. The summed E-state index contributed by atoms with van der Waals surface area (Å²) < 4.78 is 0. The Morgan fingerprint density at radius 2 is 1.64 bits per heavy atom. The molecule has 0 spiro atoms. The highest BCUT2D eigenvalue weighted by atomic mass is 35.5. The fraction of sp³-hybridized carbons (Fsp3) is 0.600. The van der Waals surface area contributed by atoms with Crippen LogP contribution in [0.25, 0.3) is 0 Å². The summed E-state index contributed by atoms with van der Waals surface area (Å²) in [7, 11) is 0. The summed E-state index contributed by atoms with van der Waals surface area (Å²) in [6.45, 7) is 6.58. The zero-order valence-corrected chi connectivity index (χ0v) is 13.4. The third kappa shape index (κ3) is 3.88. The van der Waals surface area contributed by atoms with E-state index < -0.39 is 0 Å². The molecule has 2 heterocycles. The number of rotatable bonds is 3. The average Bonchev–Trinajstić information content (AvgIpc) is 2.56. The minimum atomic E-state index is -0.347. The molecule has 2 aliphatic heterocycles. The van der Waals surface area contributed by atoms with E-state index in [-0.39, 0.29) is 23.0 Å². The summed E-state index contributed by atoms with van der Waals surface area (Å²) in [6, 6.07) is 7.61. The van der Waals surface area contributed by atoms with Crippen molar-refractivity contribution in [1.82, 2.24) is 10.2 Å². The van der Waals surface area contributed by atoms with Gasteiger partial charge in [-0.25, -0.2) is 0 Å². The highest BCUT2D eigenvalue weighted by Gasteiger charge is 2.25. The molecule has 0 aromatic heterocycles. The number of piperidine rings is 1. The van der Waals surface area contributed by atoms with Gasteiger partial charge in [0.1, 0.15) is 0 Å². The highest BCUT2D eigenvalue weighted by Crippen LogP contribution is 2.24. The Morgan fingerprint density at radius 1 is 1.05 bits per heavy atom. The Labute approximate surface area is 137 Å². The van der Waals surface area contributed by atoms with Crippen molar-refractivity contribution in [3.63, 3.8) is 0 Å². The summed E-state index contributed by atoms with van der Waals surface area (Å²) in [5.41, 5.74) is 1.26. The van der Waals surface area contributed by atoms with E-state index in [1.54, 1.807) is 12.1 Å². The maximum Gasteiger partial charge on any atom is 0.269 e. The van der Waals surface area contributed by atoms with Crippen molar-refractivity contribution >= 4 is 23.8 Å². The number of hydrogen-bond acceptors (Lipinski definition) is 5. The zero-order chi connectivity index (χ0) is 14.7. The summed E-state index contributed by atoms with van der Waals surface area (Å²) in [6.07, 6.45) is 2.36. The third-order valence-electron chi connectivity index (χ3n) is 4.56. The summed E-state index contributed by atoms with van der Waals surface area (Å²) in [5, 5.41) is 14.1. The van der Waals surface area contributed by atoms with Crippen molar-refractivity contribution in [3.8, 4) is 0 Å². The van der Waals surface area contributed by atoms with Crippen LogP contribution in [0.15, 0.2) is 24.3 Å². The molecule has 0 radical (unpaired) electrons. The second-order valence-electron chi connectivity index (χ2n) is 5.78. The van der Waals surface area contributed by atoms with Gasteiger partial charge in [-0.15, -0.1) is 12.4 Å². The first kappa shape index (κ1) is 17.0. The zero-order valence-electron chi connectivity index (χ0n) is 12.6. The van der Waals surface area contributed by atoms with Crippen LogP contribution in [0.2, 0.25) is 0 Å². The van der Waals surface area contributed by atoms with Gasteiger partial charge >= 0.3 is 0 Å². The molecular formula is C15H23ClN4O2. The number of nitrogens with one attached hydrogen (secondary N) is 1. The first-order valence-corrected chi connectivity index (χ1v) is 7.68. The Morgan fingerprint density at radius 3 is 2.18 bits per heavy atom. The topological polar surface area (TPSA) is 61.7 Å². The van der Waals surface area contributed by atoms with E-state index in [1.165, 1.54) is 12.8 Å². The molecule has 3 rings (SSSR count). The number of nitro groups is 1. The van der Waals surface area contributed by atoms with Gasteiger partial charge in [-0.1, -0.05) is 0 Å². The summed E-state index contributed by atoms with van der Waals surface area (Å²) in [4.78, 5) is 15.3. The van der Waals surface area contributed by atoms with E-state index in [0.717, 1.165) is 45.0 Å². The largest absolute Gasteiger partial charge is 0.371 e. The Hall–Kier alpha value is -1.37. The van der Waals surface area contributed by atoms with Crippen LogP contribution < -0.4 is 10.2 Å². The van der Waals surface area contributed by atoms with Gasteiger partial charge < -0.3 is 10.2 Å². The number of benzene rings is 1. The van der Waals surface area contributed by atoms with Gasteiger partial charge in [0.15, 0.2) is 0 Å². The SMILES string of the molecule is Cl.O=[N+]([O-])c1ccc(N2CCC(N3CCNCC3)CC2)cc1. The van der Waals surface area contributed by atoms with Crippen molar-refractivity contribution < 1.29 is 4.92 Å². The predicted octanol–water partition coefficient (Wildman–Crippen LogP) is 1.89. The summed E-state index contributed by atoms with van der Waals surface area (Å²) >= 11 is 0. The number of nitrogens with zero attached hydrogens (tertiary/aromatic N) is 3. The van der Waals surface area contributed by atoms with Crippen molar-refractivity contribution in [2.75, 3.05) is 44.2 Å². The monoisotopic (exact) mass is 326 g/mol. The normalized spacial score (nSPS) is 20.5. The number of non-ortho nitro benzene ring substituents is 1. The molecule has 1 aromatic carbocycles. The molecule has 7 heteroatoms. The van der Waals surface area contributed by atoms with E-state index >= 15 is 0 Å². The van der Waals surface area contributed by atoms with Crippen molar-refractivity contribution in [1.29, 1.82) is 0 Å². The molecule has 2 aliphatic rings. The van der Waals surface area contributed by atoms with Gasteiger partial charge in [0, 0.05) is 63.1 Å². The second-order valence-corrected chi connectivity index (χ2v) is 5.78. The van der Waals surface area contributed by atoms with Crippen LogP contribution in [-0.2, 0) is 0 Å². The lowest BCUT2D eigenvalue weighted by atomic mass is 10.0. The number of nitro benzene ring substituents is 1. The van der Waals surface area contributed by atoms with Crippen LogP contribution in [0, 0.1) is 10.1 Å². The molecule has 0 saturated carbocycles. The molecule has 0 bridgehead atoms. The van der Waals surface area contributed by atoms with E-state index in [1.807, 2.05) is 12.1 Å². The Kier molecular flexibility index (Phi) is 5.99. The Balaban J connectivity index is 0.00000176. The van der Waals surface area contributed by atoms with Crippen LogP contribution in [0.1, 0.15) is 12.8 Å². The Bertz CT molecular complexity index is 483. The van der Waals surface area contributed by atoms with E-state index in [2.05, 4.69) is 15.1 Å². The van der Waals surface area contributed by atoms with Crippen molar-refractivity contribution in [3.05, 3.63) is 34.4 Å². The van der Waals surface area contributed by atoms with Crippen LogP contribution in [0.5, 0.6) is 0 Å². The molecule has 0 amide bonds. The molecule has 0 aliphatic carbocycles. The van der Waals surface area contributed by atoms with Gasteiger partial charge in [0.05, 0.1) is 4.92 Å². The number of anilines is 1. The molecule has 1 aromatic rings. The quantitative estimate of drug-likeness (QED) is 0.679. The predicted molar refractivity (Wildman–Crippen MR) is 90.0 cm³/mol. The van der Waals surface area contributed by atoms with Crippen LogP contribution in [0.4, 0.5) is 11.4 Å². The van der Waals surface area contributed by atoms with Gasteiger partial charge in [0.2, 0.25) is 0 Å². The fourth-order valence-corrected chi connectivity index (χ4v) is 3.32. The minimum Gasteiger partial charge on any atom is -0.371 e. The minimum absolute atomic E-state index is 0. The smallest absolute Gasteiger partial charge is 0.269 e. The fourth-order valence-electron chi connectivity index (χ4n) is 3.32. The highest BCUT2D eigenvalue weighted by molar-refractivity contribution is 5.85. The number of piperazine rings is 1. The van der Waals surface area contributed by atoms with E-state index in [4.69, 9.17) is 0 Å². The van der Waals surface area contributed by atoms with Crippen LogP contribution >= 0.6 is 12.4 Å². The second kappa shape index (κ2) is 7.76. The lowest BCUT2D eigenvalue weighted by Crippen LogP contribution is -2.52. The number of halogens is 1. The lowest BCUT2D eigenvalue weighted by Gasteiger charge is -2.41. The van der Waals surface area contributed by atoms with Crippen molar-refractivity contribution in [2.45, 2.75) is 18.9 Å². The van der Waals surface area contributed by atoms with Gasteiger partial charge in [-0.3, -0.25) is 15.0 Å². The summed E-state index contributed by atoms with van der Waals surface area (Å²) in [5.74, 6) is 0. The lowest BCUT2D eigenvalue weighted by molar-refractivity contribution is -0.384. The van der Waals surface area contributed by atoms with E-state index in [0.29, 0.717) is 6.04 Å². The molecule has 122 valence electrons. The standard InChI is InChI=1S/C15H22N4O2.ClH/c20-19(21)15-3-1-13(2-4-15)17-9-5-14(6-10-17)18-11-7-16-8-12-18;/h1-4,14,16H,5-12H2;1H. The molecule has 0 unspecified atom stereocenters. The maximum absolute atomic E-state index is 10.7. The molecule has 1 N–H and O–H groups in total. The maximum atomic E-state index is 10.7. The molecule has 0 atom stereocenters. The van der Waals surface area contributed by atoms with Gasteiger partial charge in [-0.05, 0) is 25.0 Å². The van der Waals surface area contributed by atoms with E-state index in [9.17, 15) is 10.1 Å². The van der Waals surface area contributed by atoms with Gasteiger partial charge in [-0.2, -0.15) is 0 Å². The molecular weight excluding hydrogens is 304 g/mol. The number of hydrogen-bond donors (Lipinski definition) is 1. The van der Waals surface area contributed by atoms with Gasteiger partial charge in [0.25, 0.3) is 5.69 Å². The molecule has 2 fully saturated rings. The molecule has 6 nitrogen and oxygen atoms in total. The first-order chi connectivity index (χ1) is 10.2. The molecule has 22 heavy (non-hydrogen) atoms. The van der Waals surface area contributed by atoms with Crippen LogP contribution in [-0.4, -0.2) is 55.1 Å². The average molecular weight is 327 g/mol.